The monoisotopic (exact) mass is 508 g/mol. The van der Waals surface area contributed by atoms with E-state index < -0.39 is 28.0 Å². The van der Waals surface area contributed by atoms with Crippen LogP contribution in [0.3, 0.4) is 0 Å². The normalized spacial score (nSPS) is 19.1. The molecule has 0 aromatic heterocycles. The number of para-hydroxylation sites is 2. The minimum atomic E-state index is -3.77. The maximum Gasteiger partial charge on any atom is 0.348 e. The van der Waals surface area contributed by atoms with Crippen LogP contribution in [0.1, 0.15) is 12.8 Å². The smallest absolute Gasteiger partial charge is 0.348 e. The SMILES string of the molecule is COC(=O)C1CN(C(=O)C2CCN(S(=O)(=O)c3ccc(OC)c(Cl)c3)CC2)c2ccccc2O1. The van der Waals surface area contributed by atoms with Gasteiger partial charge in [0, 0.05) is 19.0 Å². The molecule has 2 heterocycles. The highest BCUT2D eigenvalue weighted by Gasteiger charge is 2.39. The van der Waals surface area contributed by atoms with Gasteiger partial charge in [-0.25, -0.2) is 13.2 Å². The van der Waals surface area contributed by atoms with Gasteiger partial charge in [0.1, 0.15) is 11.5 Å². The molecule has 0 radical (unpaired) electrons. The van der Waals surface area contributed by atoms with E-state index in [0.717, 1.165) is 0 Å². The molecule has 2 aromatic carbocycles. The molecular weight excluding hydrogens is 484 g/mol. The van der Waals surface area contributed by atoms with Crippen molar-refractivity contribution in [2.75, 3.05) is 38.8 Å². The standard InChI is InChI=1S/C23H25ClN2O7S/c1-31-19-8-7-16(13-17(19)24)34(29,30)25-11-9-15(10-12-25)22(27)26-14-21(23(28)32-2)33-20-6-4-3-5-18(20)26/h3-8,13,15,21H,9-12,14H2,1-2H3. The zero-order valence-corrected chi connectivity index (χ0v) is 20.3. The van der Waals surface area contributed by atoms with Gasteiger partial charge in [0.05, 0.1) is 36.4 Å². The molecule has 182 valence electrons. The van der Waals surface area contributed by atoms with Crippen LogP contribution in [0.5, 0.6) is 11.5 Å². The number of methoxy groups -OCH3 is 2. The van der Waals surface area contributed by atoms with Gasteiger partial charge in [-0.15, -0.1) is 0 Å². The molecule has 0 saturated carbocycles. The fourth-order valence-corrected chi connectivity index (χ4v) is 6.04. The minimum Gasteiger partial charge on any atom is -0.495 e. The summed E-state index contributed by atoms with van der Waals surface area (Å²) in [6.07, 6.45) is -0.224. The number of carbonyl (C=O) groups is 2. The molecule has 1 unspecified atom stereocenters. The van der Waals surface area contributed by atoms with Crippen LogP contribution in [0.2, 0.25) is 5.02 Å². The van der Waals surface area contributed by atoms with Crippen LogP contribution in [-0.4, -0.2) is 64.6 Å². The molecular formula is C23H25ClN2O7S. The molecule has 1 amide bonds. The van der Waals surface area contributed by atoms with Crippen LogP contribution in [0.25, 0.3) is 0 Å². The maximum absolute atomic E-state index is 13.4. The van der Waals surface area contributed by atoms with E-state index in [-0.39, 0.29) is 35.5 Å². The number of hydrogen-bond donors (Lipinski definition) is 0. The number of amides is 1. The van der Waals surface area contributed by atoms with E-state index in [0.29, 0.717) is 30.0 Å². The Morgan fingerprint density at radius 3 is 2.44 bits per heavy atom. The van der Waals surface area contributed by atoms with Crippen LogP contribution < -0.4 is 14.4 Å². The van der Waals surface area contributed by atoms with Crippen LogP contribution >= 0.6 is 11.6 Å². The number of sulfonamides is 1. The lowest BCUT2D eigenvalue weighted by Gasteiger charge is -2.37. The van der Waals surface area contributed by atoms with Gasteiger partial charge in [-0.1, -0.05) is 23.7 Å². The molecule has 34 heavy (non-hydrogen) atoms. The predicted octanol–water partition coefficient (Wildman–Crippen LogP) is 2.72. The van der Waals surface area contributed by atoms with Crippen LogP contribution in [-0.2, 0) is 24.3 Å². The highest BCUT2D eigenvalue weighted by Crippen LogP contribution is 2.36. The van der Waals surface area contributed by atoms with E-state index in [9.17, 15) is 18.0 Å². The van der Waals surface area contributed by atoms with Gasteiger partial charge in [-0.05, 0) is 43.2 Å². The molecule has 2 aromatic rings. The number of fused-ring (bicyclic) bond motifs is 1. The van der Waals surface area contributed by atoms with Gasteiger partial charge >= 0.3 is 5.97 Å². The highest BCUT2D eigenvalue weighted by atomic mass is 35.5. The molecule has 2 aliphatic rings. The third-order valence-corrected chi connectivity index (χ3v) is 8.26. The fraction of sp³-hybridized carbons (Fsp3) is 0.391. The van der Waals surface area contributed by atoms with Crippen molar-refractivity contribution in [2.45, 2.75) is 23.8 Å². The first kappa shape index (κ1) is 24.3. The average molecular weight is 509 g/mol. The van der Waals surface area contributed by atoms with Crippen LogP contribution in [0, 0.1) is 5.92 Å². The minimum absolute atomic E-state index is 0.0331. The molecule has 1 fully saturated rings. The Hall–Kier alpha value is -2.82. The van der Waals surface area contributed by atoms with E-state index in [1.54, 1.807) is 29.2 Å². The fourth-order valence-electron chi connectivity index (χ4n) is 4.22. The van der Waals surface area contributed by atoms with Crippen molar-refractivity contribution in [3.8, 4) is 11.5 Å². The summed E-state index contributed by atoms with van der Waals surface area (Å²) in [5, 5.41) is 0.208. The van der Waals surface area contributed by atoms with E-state index in [4.69, 9.17) is 25.8 Å². The second kappa shape index (κ2) is 9.81. The van der Waals surface area contributed by atoms with E-state index in [1.165, 1.54) is 36.7 Å². The zero-order chi connectivity index (χ0) is 24.5. The van der Waals surface area contributed by atoms with Crippen molar-refractivity contribution in [1.82, 2.24) is 4.31 Å². The highest BCUT2D eigenvalue weighted by molar-refractivity contribution is 7.89. The molecule has 0 spiro atoms. The lowest BCUT2D eigenvalue weighted by molar-refractivity contribution is -0.148. The summed E-state index contributed by atoms with van der Waals surface area (Å²) in [6.45, 7) is 0.412. The number of benzene rings is 2. The maximum atomic E-state index is 13.4. The average Bonchev–Trinajstić information content (AvgIpc) is 2.87. The largest absolute Gasteiger partial charge is 0.495 e. The Labute approximate surface area is 203 Å². The number of carbonyl (C=O) groups excluding carboxylic acids is 2. The van der Waals surface area contributed by atoms with Crippen LogP contribution in [0.15, 0.2) is 47.4 Å². The van der Waals surface area contributed by atoms with Crippen molar-refractivity contribution in [1.29, 1.82) is 0 Å². The van der Waals surface area contributed by atoms with Gasteiger partial charge in [-0.2, -0.15) is 4.31 Å². The number of halogens is 1. The number of esters is 1. The summed E-state index contributed by atoms with van der Waals surface area (Å²) in [4.78, 5) is 27.1. The number of piperidine rings is 1. The summed E-state index contributed by atoms with van der Waals surface area (Å²) in [6, 6.07) is 11.3. The Morgan fingerprint density at radius 1 is 1.09 bits per heavy atom. The number of hydrogen-bond acceptors (Lipinski definition) is 7. The van der Waals surface area contributed by atoms with E-state index in [1.807, 2.05) is 0 Å². The lowest BCUT2D eigenvalue weighted by atomic mass is 9.95. The van der Waals surface area contributed by atoms with Crippen LogP contribution in [0.4, 0.5) is 5.69 Å². The number of ether oxygens (including phenoxy) is 3. The summed E-state index contributed by atoms with van der Waals surface area (Å²) in [7, 11) is -1.04. The Morgan fingerprint density at radius 2 is 1.79 bits per heavy atom. The summed E-state index contributed by atoms with van der Waals surface area (Å²) in [5.41, 5.74) is 0.579. The van der Waals surface area contributed by atoms with Crippen molar-refractivity contribution in [2.24, 2.45) is 5.92 Å². The molecule has 1 atom stereocenters. The van der Waals surface area contributed by atoms with Gasteiger partial charge in [0.25, 0.3) is 0 Å². The molecule has 11 heteroatoms. The second-order valence-electron chi connectivity index (χ2n) is 8.02. The molecule has 1 saturated heterocycles. The molecule has 0 bridgehead atoms. The van der Waals surface area contributed by atoms with Gasteiger partial charge in [0.15, 0.2) is 0 Å². The van der Waals surface area contributed by atoms with Gasteiger partial charge < -0.3 is 19.1 Å². The molecule has 0 aliphatic carbocycles. The quantitative estimate of drug-likeness (QED) is 0.572. The topological polar surface area (TPSA) is 102 Å². The van der Waals surface area contributed by atoms with Gasteiger partial charge in [-0.3, -0.25) is 4.79 Å². The third kappa shape index (κ3) is 4.57. The first-order valence-corrected chi connectivity index (χ1v) is 12.6. The zero-order valence-electron chi connectivity index (χ0n) is 18.8. The third-order valence-electron chi connectivity index (χ3n) is 6.07. The number of rotatable bonds is 5. The van der Waals surface area contributed by atoms with Crippen molar-refractivity contribution < 1.29 is 32.2 Å². The Balaban J connectivity index is 1.48. The Bertz CT molecular complexity index is 1200. The molecule has 9 nitrogen and oxygen atoms in total. The Kier molecular flexibility index (Phi) is 7.01. The number of nitrogens with zero attached hydrogens (tertiary/aromatic N) is 2. The first-order chi connectivity index (χ1) is 16.3. The van der Waals surface area contributed by atoms with E-state index >= 15 is 0 Å². The molecule has 2 aliphatic heterocycles. The van der Waals surface area contributed by atoms with E-state index in [2.05, 4.69) is 0 Å². The molecule has 0 N–H and O–H groups in total. The van der Waals surface area contributed by atoms with Crippen molar-refractivity contribution in [3.05, 3.63) is 47.5 Å². The lowest BCUT2D eigenvalue weighted by Crippen LogP contribution is -2.51. The predicted molar refractivity (Wildman–Crippen MR) is 125 cm³/mol. The number of anilines is 1. The summed E-state index contributed by atoms with van der Waals surface area (Å²) in [5.74, 6) is -0.314. The summed E-state index contributed by atoms with van der Waals surface area (Å²) >= 11 is 6.11. The summed E-state index contributed by atoms with van der Waals surface area (Å²) < 4.78 is 43.2. The molecule has 4 rings (SSSR count). The first-order valence-electron chi connectivity index (χ1n) is 10.7. The van der Waals surface area contributed by atoms with Gasteiger partial charge in [0.2, 0.25) is 22.0 Å². The van der Waals surface area contributed by atoms with Crippen molar-refractivity contribution in [3.63, 3.8) is 0 Å². The second-order valence-corrected chi connectivity index (χ2v) is 10.4. The van der Waals surface area contributed by atoms with Crippen molar-refractivity contribution >= 4 is 39.2 Å².